The van der Waals surface area contributed by atoms with Gasteiger partial charge in [0, 0.05) is 14.1 Å². The predicted octanol–water partition coefficient (Wildman–Crippen LogP) is 2.37. The Morgan fingerprint density at radius 2 is 1.96 bits per heavy atom. The Morgan fingerprint density at radius 1 is 1.25 bits per heavy atom. The number of ether oxygens (including phenoxy) is 1. The molecule has 0 amide bonds. The van der Waals surface area contributed by atoms with Crippen LogP contribution in [0.25, 0.3) is 11.6 Å². The molecule has 0 spiro atoms. The highest BCUT2D eigenvalue weighted by Gasteiger charge is 2.10. The lowest BCUT2D eigenvalue weighted by Crippen LogP contribution is -2.15. The van der Waals surface area contributed by atoms with Crippen molar-refractivity contribution in [3.8, 4) is 11.8 Å². The van der Waals surface area contributed by atoms with Crippen LogP contribution in [0, 0.1) is 11.3 Å². The zero-order valence-electron chi connectivity index (χ0n) is 14.0. The number of nitrogens with zero attached hydrogens (tertiary/aromatic N) is 5. The fourth-order valence-corrected chi connectivity index (χ4v) is 1.89. The molecule has 0 fully saturated rings. The summed E-state index contributed by atoms with van der Waals surface area (Å²) in [6.45, 7) is 2.73. The van der Waals surface area contributed by atoms with Crippen molar-refractivity contribution in [1.29, 1.82) is 5.26 Å². The van der Waals surface area contributed by atoms with Crippen LogP contribution in [0.1, 0.15) is 24.7 Å². The van der Waals surface area contributed by atoms with Crippen molar-refractivity contribution in [3.63, 3.8) is 0 Å². The van der Waals surface area contributed by atoms with Crippen LogP contribution >= 0.6 is 0 Å². The van der Waals surface area contributed by atoms with Gasteiger partial charge in [-0.25, -0.2) is 0 Å². The molecule has 2 aromatic rings. The number of nitrogens with two attached hydrogens (primary N) is 1. The number of rotatable bonds is 6. The van der Waals surface area contributed by atoms with Gasteiger partial charge in [-0.15, -0.1) is 0 Å². The largest absolute Gasteiger partial charge is 0.494 e. The average Bonchev–Trinajstić information content (AvgIpc) is 2.58. The summed E-state index contributed by atoms with van der Waals surface area (Å²) in [5.74, 6) is 1.53. The van der Waals surface area contributed by atoms with Gasteiger partial charge in [0.25, 0.3) is 0 Å². The molecule has 0 saturated heterocycles. The van der Waals surface area contributed by atoms with Crippen molar-refractivity contribution >= 4 is 23.5 Å². The Balaban J connectivity index is 2.31. The van der Waals surface area contributed by atoms with Crippen molar-refractivity contribution in [1.82, 2.24) is 15.0 Å². The molecule has 0 aliphatic heterocycles. The minimum absolute atomic E-state index is 0.0770. The number of nitriles is 1. The maximum absolute atomic E-state index is 9.43. The van der Waals surface area contributed by atoms with E-state index in [0.717, 1.165) is 17.7 Å². The molecule has 0 unspecified atom stereocenters. The zero-order chi connectivity index (χ0) is 17.5. The molecule has 0 aliphatic rings. The quantitative estimate of drug-likeness (QED) is 0.814. The second-order valence-electron chi connectivity index (χ2n) is 5.30. The van der Waals surface area contributed by atoms with Crippen LogP contribution < -0.4 is 15.4 Å². The lowest BCUT2D eigenvalue weighted by atomic mass is 10.1. The van der Waals surface area contributed by atoms with Gasteiger partial charge in [0.2, 0.25) is 11.9 Å². The van der Waals surface area contributed by atoms with Gasteiger partial charge in [-0.1, -0.05) is 19.1 Å². The van der Waals surface area contributed by atoms with E-state index < -0.39 is 0 Å². The highest BCUT2D eigenvalue weighted by Crippen LogP contribution is 2.19. The number of anilines is 2. The number of hydrogen-bond acceptors (Lipinski definition) is 7. The third-order valence-electron chi connectivity index (χ3n) is 3.07. The van der Waals surface area contributed by atoms with Crippen LogP contribution in [-0.2, 0) is 0 Å². The summed E-state index contributed by atoms with van der Waals surface area (Å²) in [5, 5.41) is 9.43. The maximum Gasteiger partial charge on any atom is 0.230 e. The van der Waals surface area contributed by atoms with Gasteiger partial charge in [0.1, 0.15) is 11.8 Å². The van der Waals surface area contributed by atoms with Gasteiger partial charge < -0.3 is 15.4 Å². The molecule has 1 aromatic carbocycles. The minimum Gasteiger partial charge on any atom is -0.494 e. The molecule has 1 heterocycles. The molecule has 0 saturated carbocycles. The van der Waals surface area contributed by atoms with Gasteiger partial charge in [0.15, 0.2) is 5.82 Å². The van der Waals surface area contributed by atoms with E-state index in [1.54, 1.807) is 25.1 Å². The maximum atomic E-state index is 9.43. The van der Waals surface area contributed by atoms with Crippen molar-refractivity contribution in [3.05, 3.63) is 35.7 Å². The first kappa shape index (κ1) is 17.2. The van der Waals surface area contributed by atoms with E-state index in [1.807, 2.05) is 24.3 Å². The second kappa shape index (κ2) is 7.92. The molecule has 24 heavy (non-hydrogen) atoms. The van der Waals surface area contributed by atoms with Crippen molar-refractivity contribution in [2.24, 2.45) is 0 Å². The molecule has 7 heteroatoms. The van der Waals surface area contributed by atoms with Crippen LogP contribution in [0.5, 0.6) is 5.75 Å². The number of nitrogen functional groups attached to an aromatic ring is 1. The summed E-state index contributed by atoms with van der Waals surface area (Å²) in [5.41, 5.74) is 6.87. The summed E-state index contributed by atoms with van der Waals surface area (Å²) in [6.07, 6.45) is 2.66. The van der Waals surface area contributed by atoms with E-state index in [0.29, 0.717) is 18.1 Å². The Kier molecular flexibility index (Phi) is 5.68. The number of aromatic nitrogens is 3. The summed E-state index contributed by atoms with van der Waals surface area (Å²) in [6, 6.07) is 9.59. The third kappa shape index (κ3) is 4.43. The molecular weight excluding hydrogens is 304 g/mol. The van der Waals surface area contributed by atoms with Crippen LogP contribution in [0.2, 0.25) is 0 Å². The summed E-state index contributed by atoms with van der Waals surface area (Å²) in [4.78, 5) is 14.1. The Labute approximate surface area is 141 Å². The normalized spacial score (nSPS) is 11.0. The Hall–Kier alpha value is -3.14. The lowest BCUT2D eigenvalue weighted by Gasteiger charge is -2.11. The highest BCUT2D eigenvalue weighted by molar-refractivity contribution is 5.87. The van der Waals surface area contributed by atoms with E-state index in [1.165, 1.54) is 0 Å². The van der Waals surface area contributed by atoms with E-state index in [9.17, 15) is 5.26 Å². The zero-order valence-corrected chi connectivity index (χ0v) is 14.0. The van der Waals surface area contributed by atoms with E-state index in [-0.39, 0.29) is 11.8 Å². The molecule has 2 rings (SSSR count). The molecule has 124 valence electrons. The molecule has 0 aliphatic carbocycles. The summed E-state index contributed by atoms with van der Waals surface area (Å²) in [7, 11) is 3.59. The monoisotopic (exact) mass is 324 g/mol. The van der Waals surface area contributed by atoms with Crippen molar-refractivity contribution in [2.45, 2.75) is 13.3 Å². The van der Waals surface area contributed by atoms with Gasteiger partial charge in [0.05, 0.1) is 12.2 Å². The van der Waals surface area contributed by atoms with E-state index in [4.69, 9.17) is 10.5 Å². The first-order valence-electron chi connectivity index (χ1n) is 7.57. The van der Waals surface area contributed by atoms with Crippen LogP contribution in [0.4, 0.5) is 11.9 Å². The smallest absolute Gasteiger partial charge is 0.230 e. The second-order valence-corrected chi connectivity index (χ2v) is 5.30. The summed E-state index contributed by atoms with van der Waals surface area (Å²) < 4.78 is 5.54. The lowest BCUT2D eigenvalue weighted by molar-refractivity contribution is 0.317. The van der Waals surface area contributed by atoms with E-state index in [2.05, 4.69) is 27.9 Å². The first-order chi connectivity index (χ1) is 11.5. The first-order valence-corrected chi connectivity index (χ1v) is 7.57. The minimum atomic E-state index is 0.0770. The van der Waals surface area contributed by atoms with Gasteiger partial charge in [-0.2, -0.15) is 20.2 Å². The van der Waals surface area contributed by atoms with Gasteiger partial charge in [-0.05, 0) is 30.2 Å². The molecule has 7 nitrogen and oxygen atoms in total. The molecule has 0 bridgehead atoms. The third-order valence-corrected chi connectivity index (χ3v) is 3.07. The molecule has 0 radical (unpaired) electrons. The molecule has 2 N–H and O–H groups in total. The highest BCUT2D eigenvalue weighted by atomic mass is 16.5. The van der Waals surface area contributed by atoms with Crippen LogP contribution in [-0.4, -0.2) is 35.7 Å². The average molecular weight is 324 g/mol. The van der Waals surface area contributed by atoms with Crippen molar-refractivity contribution < 1.29 is 4.74 Å². The molecule has 0 atom stereocenters. The predicted molar refractivity (Wildman–Crippen MR) is 94.3 cm³/mol. The standard InChI is InChI=1S/C17H20N6O/c1-4-9-24-14-7-5-12(6-8-14)10-13(11-18)15-20-16(19)22-17(21-15)23(2)3/h5-8,10H,4,9H2,1-3H3,(H2,19,20,21,22)/b13-10+. The van der Waals surface area contributed by atoms with E-state index >= 15 is 0 Å². The number of benzene rings is 1. The van der Waals surface area contributed by atoms with Crippen molar-refractivity contribution in [2.75, 3.05) is 31.3 Å². The van der Waals surface area contributed by atoms with Crippen LogP contribution in [0.3, 0.4) is 0 Å². The SMILES string of the molecule is CCCOc1ccc(/C=C(\C#N)c2nc(N)nc(N(C)C)n2)cc1. The van der Waals surface area contributed by atoms with Gasteiger partial charge in [-0.3, -0.25) is 0 Å². The Morgan fingerprint density at radius 3 is 2.54 bits per heavy atom. The molecule has 1 aromatic heterocycles. The fourth-order valence-electron chi connectivity index (χ4n) is 1.89. The number of hydrogen-bond donors (Lipinski definition) is 1. The number of allylic oxidation sites excluding steroid dienone is 1. The Bertz CT molecular complexity index is 762. The molecular formula is C17H20N6O. The summed E-state index contributed by atoms with van der Waals surface area (Å²) >= 11 is 0. The van der Waals surface area contributed by atoms with Crippen LogP contribution in [0.15, 0.2) is 24.3 Å². The van der Waals surface area contributed by atoms with Gasteiger partial charge >= 0.3 is 0 Å². The fraction of sp³-hybridized carbons (Fsp3) is 0.294. The topological polar surface area (TPSA) is 101 Å².